The maximum Gasteiger partial charge on any atom is 0.260 e. The minimum atomic E-state index is -0.465. The minimum absolute atomic E-state index is 0.0969. The van der Waals surface area contributed by atoms with E-state index < -0.39 is 5.82 Å². The average molecular weight is 394 g/mol. The van der Waals surface area contributed by atoms with E-state index in [0.717, 1.165) is 11.6 Å². The van der Waals surface area contributed by atoms with Gasteiger partial charge in [-0.25, -0.2) is 9.37 Å². The van der Waals surface area contributed by atoms with Gasteiger partial charge >= 0.3 is 0 Å². The van der Waals surface area contributed by atoms with Crippen LogP contribution in [0.25, 0.3) is 5.69 Å². The number of ether oxygens (including phenoxy) is 1. The van der Waals surface area contributed by atoms with Gasteiger partial charge in [-0.1, -0.05) is 29.8 Å². The molecule has 0 unspecified atom stereocenters. The van der Waals surface area contributed by atoms with E-state index in [9.17, 15) is 9.18 Å². The largest absolute Gasteiger partial charge is 0.481 e. The van der Waals surface area contributed by atoms with E-state index in [2.05, 4.69) is 45.6 Å². The number of aromatic nitrogens is 2. The van der Waals surface area contributed by atoms with Gasteiger partial charge in [0.15, 0.2) is 18.2 Å². The van der Waals surface area contributed by atoms with E-state index in [1.54, 1.807) is 23.2 Å². The van der Waals surface area contributed by atoms with Gasteiger partial charge in [-0.15, -0.1) is 0 Å². The Morgan fingerprint density at radius 1 is 1.07 bits per heavy atom. The molecular formula is C22H23FN4O2. The van der Waals surface area contributed by atoms with Gasteiger partial charge in [0.1, 0.15) is 0 Å². The normalized spacial score (nSPS) is 14.1. The summed E-state index contributed by atoms with van der Waals surface area (Å²) in [5.41, 5.74) is 2.26. The molecule has 6 nitrogen and oxygen atoms in total. The van der Waals surface area contributed by atoms with Gasteiger partial charge < -0.3 is 14.5 Å². The lowest BCUT2D eigenvalue weighted by Gasteiger charge is -2.35. The van der Waals surface area contributed by atoms with Crippen LogP contribution in [0.4, 0.5) is 10.3 Å². The molecule has 1 aliphatic rings. The van der Waals surface area contributed by atoms with E-state index >= 15 is 0 Å². The van der Waals surface area contributed by atoms with Gasteiger partial charge in [0.05, 0.1) is 0 Å². The summed E-state index contributed by atoms with van der Waals surface area (Å²) in [6.45, 7) is 4.38. The fourth-order valence-corrected chi connectivity index (χ4v) is 3.38. The highest BCUT2D eigenvalue weighted by atomic mass is 19.1. The summed E-state index contributed by atoms with van der Waals surface area (Å²) in [5, 5.41) is 0. The number of amides is 1. The van der Waals surface area contributed by atoms with Crippen LogP contribution in [-0.4, -0.2) is 53.1 Å². The topological polar surface area (TPSA) is 50.6 Å². The second-order valence-electron chi connectivity index (χ2n) is 7.02. The Bertz CT molecular complexity index is 978. The van der Waals surface area contributed by atoms with Crippen molar-refractivity contribution in [3.63, 3.8) is 0 Å². The third-order valence-electron chi connectivity index (χ3n) is 5.04. The molecule has 7 heteroatoms. The fraction of sp³-hybridized carbons (Fsp3) is 0.273. The average Bonchev–Trinajstić information content (AvgIpc) is 3.23. The number of carbonyl (C=O) groups excluding carboxylic acids is 1. The molecule has 0 radical (unpaired) electrons. The van der Waals surface area contributed by atoms with Crippen molar-refractivity contribution in [2.75, 3.05) is 37.7 Å². The van der Waals surface area contributed by atoms with Crippen LogP contribution < -0.4 is 9.64 Å². The molecule has 1 aliphatic heterocycles. The number of anilines is 1. The van der Waals surface area contributed by atoms with Gasteiger partial charge in [0.25, 0.3) is 5.91 Å². The van der Waals surface area contributed by atoms with E-state index in [-0.39, 0.29) is 18.3 Å². The number of benzene rings is 2. The van der Waals surface area contributed by atoms with Gasteiger partial charge in [-0.2, -0.15) is 0 Å². The van der Waals surface area contributed by atoms with Crippen molar-refractivity contribution in [2.24, 2.45) is 0 Å². The SMILES string of the molecule is Cc1ccc(-n2ccnc2N2CCN(C(=O)COc3ccccc3F)CC2)cc1. The lowest BCUT2D eigenvalue weighted by Crippen LogP contribution is -2.50. The highest BCUT2D eigenvalue weighted by molar-refractivity contribution is 5.78. The number of halogens is 1. The van der Waals surface area contributed by atoms with Crippen LogP contribution in [0.2, 0.25) is 0 Å². The minimum Gasteiger partial charge on any atom is -0.481 e. The van der Waals surface area contributed by atoms with Crippen molar-refractivity contribution < 1.29 is 13.9 Å². The molecule has 0 atom stereocenters. The zero-order valence-electron chi connectivity index (χ0n) is 16.3. The van der Waals surface area contributed by atoms with Crippen molar-refractivity contribution in [1.29, 1.82) is 0 Å². The van der Waals surface area contributed by atoms with E-state index in [1.165, 1.54) is 17.7 Å². The van der Waals surface area contributed by atoms with Gasteiger partial charge in [-0.3, -0.25) is 9.36 Å². The van der Waals surface area contributed by atoms with Crippen molar-refractivity contribution in [3.05, 3.63) is 72.3 Å². The molecular weight excluding hydrogens is 371 g/mol. The zero-order valence-corrected chi connectivity index (χ0v) is 16.3. The number of imidazole rings is 1. The molecule has 0 bridgehead atoms. The molecule has 1 saturated heterocycles. The van der Waals surface area contributed by atoms with Crippen molar-refractivity contribution in [3.8, 4) is 11.4 Å². The van der Waals surface area contributed by atoms with Crippen LogP contribution in [0.1, 0.15) is 5.56 Å². The van der Waals surface area contributed by atoms with E-state index in [0.29, 0.717) is 26.2 Å². The smallest absolute Gasteiger partial charge is 0.260 e. The number of nitrogens with zero attached hydrogens (tertiary/aromatic N) is 4. The Kier molecular flexibility index (Phi) is 5.46. The van der Waals surface area contributed by atoms with E-state index in [1.807, 2.05) is 6.20 Å². The Hall–Kier alpha value is -3.35. The van der Waals surface area contributed by atoms with Crippen LogP contribution >= 0.6 is 0 Å². The zero-order chi connectivity index (χ0) is 20.2. The first-order chi connectivity index (χ1) is 14.1. The second kappa shape index (κ2) is 8.34. The molecule has 2 aromatic carbocycles. The number of piperazine rings is 1. The molecule has 150 valence electrons. The molecule has 1 fully saturated rings. The van der Waals surface area contributed by atoms with Crippen molar-refractivity contribution in [2.45, 2.75) is 6.92 Å². The number of hydrogen-bond acceptors (Lipinski definition) is 4. The fourth-order valence-electron chi connectivity index (χ4n) is 3.38. The molecule has 1 aromatic heterocycles. The molecule has 0 saturated carbocycles. The van der Waals surface area contributed by atoms with Crippen LogP contribution in [0, 0.1) is 12.7 Å². The predicted octanol–water partition coefficient (Wildman–Crippen LogP) is 3.05. The third-order valence-corrected chi connectivity index (χ3v) is 5.04. The van der Waals surface area contributed by atoms with Gasteiger partial charge in [-0.05, 0) is 31.2 Å². The molecule has 0 spiro atoms. The number of carbonyl (C=O) groups is 1. The summed E-state index contributed by atoms with van der Waals surface area (Å²) in [6, 6.07) is 14.4. The Morgan fingerprint density at radius 3 is 2.52 bits per heavy atom. The first-order valence-electron chi connectivity index (χ1n) is 9.62. The highest BCUT2D eigenvalue weighted by Crippen LogP contribution is 2.20. The van der Waals surface area contributed by atoms with Crippen LogP contribution in [0.3, 0.4) is 0 Å². The molecule has 3 aromatic rings. The Balaban J connectivity index is 1.35. The standard InChI is InChI=1S/C22H23FN4O2/c1-17-6-8-18(9-7-17)27-11-10-24-22(27)26-14-12-25(13-15-26)21(28)16-29-20-5-3-2-4-19(20)23/h2-11H,12-16H2,1H3. The summed E-state index contributed by atoms with van der Waals surface area (Å²) < 4.78 is 21.0. The molecule has 2 heterocycles. The molecule has 0 N–H and O–H groups in total. The van der Waals surface area contributed by atoms with Crippen LogP contribution in [0.5, 0.6) is 5.75 Å². The van der Waals surface area contributed by atoms with Gasteiger partial charge in [0, 0.05) is 44.3 Å². The number of rotatable bonds is 5. The summed E-state index contributed by atoms with van der Waals surface area (Å²) in [7, 11) is 0. The van der Waals surface area contributed by atoms with Crippen molar-refractivity contribution in [1.82, 2.24) is 14.5 Å². The maximum atomic E-state index is 13.6. The van der Waals surface area contributed by atoms with Crippen LogP contribution in [-0.2, 0) is 4.79 Å². The molecule has 4 rings (SSSR count). The maximum absolute atomic E-state index is 13.6. The van der Waals surface area contributed by atoms with Crippen molar-refractivity contribution >= 4 is 11.9 Å². The Morgan fingerprint density at radius 2 is 1.79 bits per heavy atom. The first-order valence-corrected chi connectivity index (χ1v) is 9.62. The quantitative estimate of drug-likeness (QED) is 0.668. The molecule has 29 heavy (non-hydrogen) atoms. The summed E-state index contributed by atoms with van der Waals surface area (Å²) in [4.78, 5) is 20.9. The number of aryl methyl sites for hydroxylation is 1. The number of para-hydroxylation sites is 1. The summed E-state index contributed by atoms with van der Waals surface area (Å²) in [6.07, 6.45) is 3.73. The van der Waals surface area contributed by atoms with Gasteiger partial charge in [0.2, 0.25) is 5.95 Å². The summed E-state index contributed by atoms with van der Waals surface area (Å²) in [5.74, 6) is 0.353. The third kappa shape index (κ3) is 4.23. The predicted molar refractivity (Wildman–Crippen MR) is 109 cm³/mol. The first kappa shape index (κ1) is 19.0. The summed E-state index contributed by atoms with van der Waals surface area (Å²) >= 11 is 0. The lowest BCUT2D eigenvalue weighted by molar-refractivity contribution is -0.133. The van der Waals surface area contributed by atoms with E-state index in [4.69, 9.17) is 4.74 Å². The molecule has 0 aliphatic carbocycles. The Labute approximate surface area is 169 Å². The van der Waals surface area contributed by atoms with Crippen LogP contribution in [0.15, 0.2) is 60.9 Å². The number of hydrogen-bond donors (Lipinski definition) is 0. The molecule has 1 amide bonds. The highest BCUT2D eigenvalue weighted by Gasteiger charge is 2.24. The second-order valence-corrected chi connectivity index (χ2v) is 7.02. The monoisotopic (exact) mass is 394 g/mol. The lowest BCUT2D eigenvalue weighted by atomic mass is 10.2.